The van der Waals surface area contributed by atoms with E-state index < -0.39 is 0 Å². The lowest BCUT2D eigenvalue weighted by atomic mass is 9.95. The second-order valence-electron chi connectivity index (χ2n) is 14.0. The van der Waals surface area contributed by atoms with Gasteiger partial charge in [-0.05, 0) is 57.6 Å². The number of para-hydroxylation sites is 2. The highest BCUT2D eigenvalue weighted by atomic mass is 32.1. The molecule has 5 heteroatoms. The molecule has 0 N–H and O–H groups in total. The molecule has 262 valence electrons. The van der Waals surface area contributed by atoms with Crippen LogP contribution in [0.3, 0.4) is 0 Å². The first-order chi connectivity index (χ1) is 27.8. The summed E-state index contributed by atoms with van der Waals surface area (Å²) < 4.78 is 4.76. The Morgan fingerprint density at radius 3 is 1.59 bits per heavy atom. The quantitative estimate of drug-likeness (QED) is 0.171. The van der Waals surface area contributed by atoms with Crippen molar-refractivity contribution < 1.29 is 0 Å². The molecule has 0 unspecified atom stereocenters. The van der Waals surface area contributed by atoms with Crippen LogP contribution in [-0.2, 0) is 0 Å². The van der Waals surface area contributed by atoms with Crippen LogP contribution in [-0.4, -0.2) is 19.5 Å². The molecule has 0 spiro atoms. The molecule has 0 aliphatic rings. The molecule has 8 aromatic carbocycles. The standard InChI is InChI=1S/C51H32N4S/c1-3-14-34(15-4-1)39-22-13-27-46-47(39)43-24-12-23-40(48(43)56-46)38-19-11-18-37(32-38)33-28-30-36(31-29-33)50-52-49(35-16-5-2-6-17-35)53-51(54-50)55-44-25-9-7-20-41(44)42-21-8-10-26-45(42)55/h1-32H. The van der Waals surface area contributed by atoms with Gasteiger partial charge in [0.05, 0.1) is 11.0 Å². The van der Waals surface area contributed by atoms with E-state index in [1.54, 1.807) is 0 Å². The number of aromatic nitrogens is 4. The van der Waals surface area contributed by atoms with Gasteiger partial charge in [0, 0.05) is 42.1 Å². The Bertz CT molecular complexity index is 3180. The molecular weight excluding hydrogens is 701 g/mol. The Hall–Kier alpha value is -7.21. The van der Waals surface area contributed by atoms with Gasteiger partial charge in [-0.2, -0.15) is 9.97 Å². The highest BCUT2D eigenvalue weighted by Crippen LogP contribution is 2.44. The van der Waals surface area contributed by atoms with Crippen molar-refractivity contribution in [1.29, 1.82) is 0 Å². The van der Waals surface area contributed by atoms with Gasteiger partial charge in [-0.15, -0.1) is 11.3 Å². The molecule has 0 bridgehead atoms. The van der Waals surface area contributed by atoms with E-state index in [1.807, 2.05) is 41.7 Å². The third kappa shape index (κ3) is 5.40. The Labute approximate surface area is 327 Å². The summed E-state index contributed by atoms with van der Waals surface area (Å²) in [6, 6.07) is 68.6. The molecule has 11 rings (SSSR count). The third-order valence-electron chi connectivity index (χ3n) is 10.7. The fourth-order valence-electron chi connectivity index (χ4n) is 8.06. The van der Waals surface area contributed by atoms with E-state index >= 15 is 0 Å². The zero-order valence-electron chi connectivity index (χ0n) is 30.2. The predicted octanol–water partition coefficient (Wildman–Crippen LogP) is 13.7. The van der Waals surface area contributed by atoms with Crippen LogP contribution in [0.2, 0.25) is 0 Å². The largest absolute Gasteiger partial charge is 0.278 e. The maximum absolute atomic E-state index is 5.14. The fourth-order valence-corrected chi connectivity index (χ4v) is 9.32. The minimum absolute atomic E-state index is 0.592. The molecule has 56 heavy (non-hydrogen) atoms. The van der Waals surface area contributed by atoms with Crippen LogP contribution in [0.5, 0.6) is 0 Å². The average Bonchev–Trinajstić information content (AvgIpc) is 3.83. The van der Waals surface area contributed by atoms with Crippen LogP contribution in [0.25, 0.3) is 104 Å². The second-order valence-corrected chi connectivity index (χ2v) is 15.1. The monoisotopic (exact) mass is 732 g/mol. The normalized spacial score (nSPS) is 11.6. The van der Waals surface area contributed by atoms with Crippen molar-refractivity contribution >= 4 is 53.3 Å². The number of hydrogen-bond donors (Lipinski definition) is 0. The van der Waals surface area contributed by atoms with Crippen LogP contribution in [0.1, 0.15) is 0 Å². The van der Waals surface area contributed by atoms with Gasteiger partial charge in [-0.3, -0.25) is 4.57 Å². The molecule has 3 heterocycles. The van der Waals surface area contributed by atoms with Crippen LogP contribution in [0.4, 0.5) is 0 Å². The minimum atomic E-state index is 0.592. The van der Waals surface area contributed by atoms with Crippen LogP contribution in [0, 0.1) is 0 Å². The lowest BCUT2D eigenvalue weighted by molar-refractivity contribution is 0.953. The molecule has 0 atom stereocenters. The molecule has 0 amide bonds. The van der Waals surface area contributed by atoms with Crippen LogP contribution < -0.4 is 0 Å². The molecule has 0 aliphatic carbocycles. The summed E-state index contributed by atoms with van der Waals surface area (Å²) in [5.74, 6) is 1.85. The number of nitrogens with zero attached hydrogens (tertiary/aromatic N) is 4. The van der Waals surface area contributed by atoms with Gasteiger partial charge in [0.1, 0.15) is 0 Å². The van der Waals surface area contributed by atoms with E-state index in [0.29, 0.717) is 17.6 Å². The molecule has 4 nitrogen and oxygen atoms in total. The zero-order valence-corrected chi connectivity index (χ0v) is 31.0. The van der Waals surface area contributed by atoms with E-state index in [2.05, 4.69) is 168 Å². The van der Waals surface area contributed by atoms with Crippen molar-refractivity contribution in [1.82, 2.24) is 19.5 Å². The molecule has 0 aliphatic heterocycles. The van der Waals surface area contributed by atoms with Gasteiger partial charge in [0.25, 0.3) is 0 Å². The first-order valence-electron chi connectivity index (χ1n) is 18.8. The number of thiophene rings is 1. The fraction of sp³-hybridized carbons (Fsp3) is 0. The van der Waals surface area contributed by atoms with Gasteiger partial charge < -0.3 is 0 Å². The molecule has 0 saturated heterocycles. The van der Waals surface area contributed by atoms with E-state index in [1.165, 1.54) is 53.2 Å². The van der Waals surface area contributed by atoms with Gasteiger partial charge >= 0.3 is 0 Å². The maximum atomic E-state index is 5.14. The zero-order chi connectivity index (χ0) is 37.0. The Morgan fingerprint density at radius 1 is 0.357 bits per heavy atom. The first-order valence-corrected chi connectivity index (χ1v) is 19.6. The predicted molar refractivity (Wildman–Crippen MR) is 234 cm³/mol. The molecule has 0 fully saturated rings. The second kappa shape index (κ2) is 13.3. The Balaban J connectivity index is 0.995. The summed E-state index contributed by atoms with van der Waals surface area (Å²) in [5.41, 5.74) is 11.2. The summed E-state index contributed by atoms with van der Waals surface area (Å²) in [6.45, 7) is 0. The van der Waals surface area contributed by atoms with Crippen molar-refractivity contribution in [3.63, 3.8) is 0 Å². The van der Waals surface area contributed by atoms with Crippen molar-refractivity contribution in [2.45, 2.75) is 0 Å². The van der Waals surface area contributed by atoms with E-state index in [4.69, 9.17) is 15.0 Å². The number of hydrogen-bond acceptors (Lipinski definition) is 4. The Kier molecular flexibility index (Phi) is 7.64. The average molecular weight is 733 g/mol. The van der Waals surface area contributed by atoms with Crippen LogP contribution >= 0.6 is 11.3 Å². The molecule has 0 radical (unpaired) electrons. The molecular formula is C51H32N4S. The van der Waals surface area contributed by atoms with Gasteiger partial charge in [-0.1, -0.05) is 170 Å². The van der Waals surface area contributed by atoms with E-state index in [0.717, 1.165) is 33.3 Å². The van der Waals surface area contributed by atoms with Crippen molar-refractivity contribution in [3.05, 3.63) is 194 Å². The minimum Gasteiger partial charge on any atom is -0.278 e. The SMILES string of the molecule is c1ccc(-c2nc(-c3ccc(-c4cccc(-c5cccc6c5sc5cccc(-c7ccccc7)c56)c4)cc3)nc(-n3c4ccccc4c4ccccc43)n2)cc1. The number of rotatable bonds is 6. The number of fused-ring (bicyclic) bond motifs is 6. The van der Waals surface area contributed by atoms with E-state index in [9.17, 15) is 0 Å². The topological polar surface area (TPSA) is 43.6 Å². The highest BCUT2D eigenvalue weighted by molar-refractivity contribution is 7.26. The van der Waals surface area contributed by atoms with Gasteiger partial charge in [0.2, 0.25) is 5.95 Å². The highest BCUT2D eigenvalue weighted by Gasteiger charge is 2.18. The van der Waals surface area contributed by atoms with Crippen molar-refractivity contribution in [2.24, 2.45) is 0 Å². The number of benzene rings is 8. The summed E-state index contributed by atoms with van der Waals surface area (Å²) in [4.78, 5) is 15.3. The van der Waals surface area contributed by atoms with Crippen molar-refractivity contribution in [2.75, 3.05) is 0 Å². The van der Waals surface area contributed by atoms with Gasteiger partial charge in [0.15, 0.2) is 11.6 Å². The maximum Gasteiger partial charge on any atom is 0.238 e. The summed E-state index contributed by atoms with van der Waals surface area (Å²) >= 11 is 1.87. The lowest BCUT2D eigenvalue weighted by Gasteiger charge is -2.11. The van der Waals surface area contributed by atoms with Crippen LogP contribution in [0.15, 0.2) is 194 Å². The van der Waals surface area contributed by atoms with Crippen molar-refractivity contribution in [3.8, 4) is 62.1 Å². The lowest BCUT2D eigenvalue weighted by Crippen LogP contribution is -2.06. The smallest absolute Gasteiger partial charge is 0.238 e. The third-order valence-corrected chi connectivity index (χ3v) is 11.9. The summed E-state index contributed by atoms with van der Waals surface area (Å²) in [7, 11) is 0. The Morgan fingerprint density at radius 2 is 0.875 bits per heavy atom. The summed E-state index contributed by atoms with van der Waals surface area (Å²) in [5, 5.41) is 4.95. The molecule has 0 saturated carbocycles. The first kappa shape index (κ1) is 32.2. The van der Waals surface area contributed by atoms with Gasteiger partial charge in [-0.25, -0.2) is 4.98 Å². The molecule has 3 aromatic heterocycles. The van der Waals surface area contributed by atoms with E-state index in [-0.39, 0.29) is 0 Å². The summed E-state index contributed by atoms with van der Waals surface area (Å²) in [6.07, 6.45) is 0. The molecule has 11 aromatic rings.